The zero-order chi connectivity index (χ0) is 13.6. The number of nitrogens with zero attached hydrogens (tertiary/aromatic N) is 1. The minimum absolute atomic E-state index is 0.166. The lowest BCUT2D eigenvalue weighted by Crippen LogP contribution is -2.41. The van der Waals surface area contributed by atoms with E-state index in [-0.39, 0.29) is 12.1 Å². The molecular formula is C12H21N3O2S. The van der Waals surface area contributed by atoms with Crippen LogP contribution < -0.4 is 10.6 Å². The zero-order valence-electron chi connectivity index (χ0n) is 11.3. The number of amides is 1. The molecule has 2 N–H and O–H groups in total. The highest BCUT2D eigenvalue weighted by atomic mass is 32.1. The van der Waals surface area contributed by atoms with Crippen LogP contribution in [0, 0.1) is 0 Å². The fraction of sp³-hybridized carbons (Fsp3) is 0.667. The summed E-state index contributed by atoms with van der Waals surface area (Å²) in [5, 5.41) is 8.01. The summed E-state index contributed by atoms with van der Waals surface area (Å²) in [4.78, 5) is 15.6. The number of nitrogens with one attached hydrogen (secondary N) is 2. The number of thiazole rings is 1. The minimum atomic E-state index is -0.457. The molecular weight excluding hydrogens is 250 g/mol. The highest BCUT2D eigenvalue weighted by Crippen LogP contribution is 2.06. The molecule has 1 unspecified atom stereocenters. The Labute approximate surface area is 112 Å². The number of carbonyl (C=O) groups is 1. The Kier molecular flexibility index (Phi) is 5.55. The fourth-order valence-electron chi connectivity index (χ4n) is 1.23. The van der Waals surface area contributed by atoms with Gasteiger partial charge in [0.15, 0.2) is 0 Å². The predicted octanol–water partition coefficient (Wildman–Crippen LogP) is 2.15. The van der Waals surface area contributed by atoms with Crippen LogP contribution in [0.5, 0.6) is 0 Å². The molecule has 0 aliphatic carbocycles. The van der Waals surface area contributed by atoms with E-state index in [9.17, 15) is 4.79 Å². The van der Waals surface area contributed by atoms with Crippen molar-refractivity contribution in [2.24, 2.45) is 0 Å². The predicted molar refractivity (Wildman–Crippen MR) is 72.7 cm³/mol. The maximum Gasteiger partial charge on any atom is 0.407 e. The van der Waals surface area contributed by atoms with Crippen molar-refractivity contribution in [3.05, 3.63) is 16.6 Å². The number of aromatic nitrogens is 1. The third kappa shape index (κ3) is 6.56. The van der Waals surface area contributed by atoms with E-state index in [4.69, 9.17) is 4.74 Å². The normalized spacial score (nSPS) is 13.1. The van der Waals surface area contributed by atoms with Crippen molar-refractivity contribution in [1.29, 1.82) is 0 Å². The van der Waals surface area contributed by atoms with Gasteiger partial charge in [0.1, 0.15) is 5.60 Å². The number of rotatable bonds is 5. The Hall–Kier alpha value is -1.14. The summed E-state index contributed by atoms with van der Waals surface area (Å²) in [6, 6.07) is 0.166. The molecule has 1 aromatic heterocycles. The maximum absolute atomic E-state index is 11.4. The summed E-state index contributed by atoms with van der Waals surface area (Å²) in [6.07, 6.45) is -0.384. The van der Waals surface area contributed by atoms with Crippen LogP contribution in [0.4, 0.5) is 4.79 Å². The quantitative estimate of drug-likeness (QED) is 0.861. The van der Waals surface area contributed by atoms with E-state index >= 15 is 0 Å². The molecule has 0 saturated carbocycles. The highest BCUT2D eigenvalue weighted by Gasteiger charge is 2.16. The standard InChI is InChI=1S/C12H21N3O2S/c1-9(13-6-10-7-18-8-15-10)5-14-11(16)17-12(2,3)4/h7-9,13H,5-6H2,1-4H3,(H,14,16). The summed E-state index contributed by atoms with van der Waals surface area (Å²) in [6.45, 7) is 8.77. The lowest BCUT2D eigenvalue weighted by Gasteiger charge is -2.21. The Balaban J connectivity index is 2.17. The van der Waals surface area contributed by atoms with Gasteiger partial charge in [-0.15, -0.1) is 11.3 Å². The topological polar surface area (TPSA) is 63.2 Å². The van der Waals surface area contributed by atoms with Gasteiger partial charge in [0, 0.05) is 24.5 Å². The average molecular weight is 271 g/mol. The molecule has 0 bridgehead atoms. The van der Waals surface area contributed by atoms with Crippen LogP contribution >= 0.6 is 11.3 Å². The van der Waals surface area contributed by atoms with Gasteiger partial charge in [-0.1, -0.05) is 0 Å². The van der Waals surface area contributed by atoms with Crippen molar-refractivity contribution in [3.8, 4) is 0 Å². The average Bonchev–Trinajstić information content (AvgIpc) is 2.74. The first-order valence-corrected chi connectivity index (χ1v) is 6.88. The van der Waals surface area contributed by atoms with Gasteiger partial charge >= 0.3 is 6.09 Å². The molecule has 0 aromatic carbocycles. The van der Waals surface area contributed by atoms with E-state index < -0.39 is 5.60 Å². The van der Waals surface area contributed by atoms with Gasteiger partial charge in [0.2, 0.25) is 0 Å². The van der Waals surface area contributed by atoms with E-state index in [1.54, 1.807) is 16.8 Å². The van der Waals surface area contributed by atoms with Crippen LogP contribution in [-0.4, -0.2) is 29.3 Å². The van der Waals surface area contributed by atoms with Gasteiger partial charge in [-0.2, -0.15) is 0 Å². The Morgan fingerprint density at radius 2 is 2.28 bits per heavy atom. The van der Waals surface area contributed by atoms with Crippen molar-refractivity contribution in [3.63, 3.8) is 0 Å². The van der Waals surface area contributed by atoms with Crippen LogP contribution in [0.3, 0.4) is 0 Å². The molecule has 0 spiro atoms. The molecule has 102 valence electrons. The molecule has 5 nitrogen and oxygen atoms in total. The van der Waals surface area contributed by atoms with E-state index in [0.717, 1.165) is 5.69 Å². The lowest BCUT2D eigenvalue weighted by molar-refractivity contribution is 0.0523. The Morgan fingerprint density at radius 3 is 2.83 bits per heavy atom. The monoisotopic (exact) mass is 271 g/mol. The van der Waals surface area contributed by atoms with Crippen LogP contribution in [0.1, 0.15) is 33.4 Å². The van der Waals surface area contributed by atoms with Gasteiger partial charge in [0.25, 0.3) is 0 Å². The van der Waals surface area contributed by atoms with Gasteiger partial charge in [-0.3, -0.25) is 0 Å². The molecule has 1 atom stereocenters. The van der Waals surface area contributed by atoms with E-state index in [0.29, 0.717) is 13.1 Å². The second-order valence-electron chi connectivity index (χ2n) is 5.14. The first-order chi connectivity index (χ1) is 8.37. The van der Waals surface area contributed by atoms with E-state index in [1.165, 1.54) is 0 Å². The molecule has 0 aliphatic heterocycles. The largest absolute Gasteiger partial charge is 0.444 e. The van der Waals surface area contributed by atoms with Gasteiger partial charge in [-0.05, 0) is 27.7 Å². The summed E-state index contributed by atoms with van der Waals surface area (Å²) >= 11 is 1.58. The summed E-state index contributed by atoms with van der Waals surface area (Å²) in [5.74, 6) is 0. The SMILES string of the molecule is CC(CNC(=O)OC(C)(C)C)NCc1cscn1. The van der Waals surface area contributed by atoms with Crippen molar-refractivity contribution < 1.29 is 9.53 Å². The molecule has 1 heterocycles. The fourth-order valence-corrected chi connectivity index (χ4v) is 1.78. The Morgan fingerprint density at radius 1 is 1.56 bits per heavy atom. The number of ether oxygens (including phenoxy) is 1. The smallest absolute Gasteiger partial charge is 0.407 e. The number of carbonyl (C=O) groups excluding carboxylic acids is 1. The molecule has 0 aliphatic rings. The second-order valence-corrected chi connectivity index (χ2v) is 5.86. The molecule has 18 heavy (non-hydrogen) atoms. The minimum Gasteiger partial charge on any atom is -0.444 e. The summed E-state index contributed by atoms with van der Waals surface area (Å²) in [7, 11) is 0. The summed E-state index contributed by atoms with van der Waals surface area (Å²) < 4.78 is 5.15. The highest BCUT2D eigenvalue weighted by molar-refractivity contribution is 7.07. The molecule has 6 heteroatoms. The number of hydrogen-bond donors (Lipinski definition) is 2. The van der Waals surface area contributed by atoms with Crippen molar-refractivity contribution in [1.82, 2.24) is 15.6 Å². The molecule has 1 rings (SSSR count). The molecule has 0 radical (unpaired) electrons. The third-order valence-corrected chi connectivity index (χ3v) is 2.70. The summed E-state index contributed by atoms with van der Waals surface area (Å²) in [5.41, 5.74) is 2.37. The lowest BCUT2D eigenvalue weighted by atomic mass is 10.2. The second kappa shape index (κ2) is 6.70. The molecule has 1 amide bonds. The first kappa shape index (κ1) is 14.9. The van der Waals surface area contributed by atoms with Crippen LogP contribution in [-0.2, 0) is 11.3 Å². The van der Waals surface area contributed by atoms with Crippen molar-refractivity contribution in [2.75, 3.05) is 6.54 Å². The van der Waals surface area contributed by atoms with Gasteiger partial charge < -0.3 is 15.4 Å². The molecule has 1 aromatic rings. The van der Waals surface area contributed by atoms with Crippen molar-refractivity contribution >= 4 is 17.4 Å². The molecule has 0 saturated heterocycles. The number of hydrogen-bond acceptors (Lipinski definition) is 5. The maximum atomic E-state index is 11.4. The number of alkyl carbamates (subject to hydrolysis) is 1. The van der Waals surface area contributed by atoms with E-state index in [1.807, 2.05) is 33.1 Å². The first-order valence-electron chi connectivity index (χ1n) is 5.94. The van der Waals surface area contributed by atoms with Crippen molar-refractivity contribution in [2.45, 2.75) is 45.9 Å². The zero-order valence-corrected chi connectivity index (χ0v) is 12.1. The Bertz CT molecular complexity index is 360. The van der Waals surface area contributed by atoms with Crippen LogP contribution in [0.2, 0.25) is 0 Å². The van der Waals surface area contributed by atoms with Gasteiger partial charge in [0.05, 0.1) is 11.2 Å². The third-order valence-electron chi connectivity index (χ3n) is 2.07. The molecule has 0 fully saturated rings. The van der Waals surface area contributed by atoms with Crippen LogP contribution in [0.25, 0.3) is 0 Å². The van der Waals surface area contributed by atoms with E-state index in [2.05, 4.69) is 15.6 Å². The van der Waals surface area contributed by atoms with Gasteiger partial charge in [-0.25, -0.2) is 9.78 Å². The van der Waals surface area contributed by atoms with Crippen LogP contribution in [0.15, 0.2) is 10.9 Å².